The summed E-state index contributed by atoms with van der Waals surface area (Å²) in [6.45, 7) is 0. The van der Waals surface area contributed by atoms with Crippen LogP contribution in [0, 0.1) is 0 Å². The standard InChI is InChI=1S/C49H31N3O/c1-3-14-32(15-4-1)35-20-11-21-36(28-35)37-29-38(41-24-13-25-43-42-23-9-10-27-45(42)53-46(41)43)31-39(30-37)48-50-47(34-17-5-2-6-18-34)51-49(52-48)44-26-12-19-33-16-7-8-22-40(33)44/h1-31H. The third-order valence-electron chi connectivity index (χ3n) is 9.91. The van der Waals surface area contributed by atoms with Crippen molar-refractivity contribution in [2.24, 2.45) is 0 Å². The molecular weight excluding hydrogens is 647 g/mol. The second kappa shape index (κ2) is 12.9. The van der Waals surface area contributed by atoms with Gasteiger partial charge in [0.25, 0.3) is 0 Å². The normalized spacial score (nSPS) is 11.4. The Morgan fingerprint density at radius 2 is 0.811 bits per heavy atom. The second-order valence-corrected chi connectivity index (χ2v) is 13.2. The van der Waals surface area contributed by atoms with Gasteiger partial charge in [-0.2, -0.15) is 0 Å². The van der Waals surface area contributed by atoms with Gasteiger partial charge in [0.1, 0.15) is 11.2 Å². The van der Waals surface area contributed by atoms with Crippen LogP contribution in [0.15, 0.2) is 192 Å². The van der Waals surface area contributed by atoms with Gasteiger partial charge < -0.3 is 4.42 Å². The number of aromatic nitrogens is 3. The Morgan fingerprint density at radius 1 is 0.302 bits per heavy atom. The van der Waals surface area contributed by atoms with Gasteiger partial charge in [-0.15, -0.1) is 0 Å². The summed E-state index contributed by atoms with van der Waals surface area (Å²) in [4.78, 5) is 15.5. The predicted molar refractivity (Wildman–Crippen MR) is 217 cm³/mol. The highest BCUT2D eigenvalue weighted by Gasteiger charge is 2.18. The number of benzene rings is 8. The maximum atomic E-state index is 6.56. The number of rotatable bonds is 6. The van der Waals surface area contributed by atoms with Crippen molar-refractivity contribution in [1.82, 2.24) is 15.0 Å². The lowest BCUT2D eigenvalue weighted by atomic mass is 9.93. The lowest BCUT2D eigenvalue weighted by Gasteiger charge is -2.14. The molecule has 0 fully saturated rings. The quantitative estimate of drug-likeness (QED) is 0.176. The van der Waals surface area contributed by atoms with Crippen LogP contribution >= 0.6 is 0 Å². The monoisotopic (exact) mass is 677 g/mol. The van der Waals surface area contributed by atoms with Gasteiger partial charge in [0, 0.05) is 33.0 Å². The number of para-hydroxylation sites is 2. The molecule has 0 saturated carbocycles. The van der Waals surface area contributed by atoms with Gasteiger partial charge >= 0.3 is 0 Å². The molecule has 2 heterocycles. The molecule has 248 valence electrons. The summed E-state index contributed by atoms with van der Waals surface area (Å²) >= 11 is 0. The highest BCUT2D eigenvalue weighted by Crippen LogP contribution is 2.40. The fourth-order valence-electron chi connectivity index (χ4n) is 7.32. The third-order valence-corrected chi connectivity index (χ3v) is 9.91. The molecule has 0 aliphatic carbocycles. The molecule has 0 N–H and O–H groups in total. The van der Waals surface area contributed by atoms with E-state index in [1.165, 1.54) is 5.56 Å². The molecule has 0 spiro atoms. The summed E-state index contributed by atoms with van der Waals surface area (Å²) in [7, 11) is 0. The Morgan fingerprint density at radius 3 is 1.64 bits per heavy atom. The van der Waals surface area contributed by atoms with E-state index in [2.05, 4.69) is 140 Å². The molecule has 0 saturated heterocycles. The van der Waals surface area contributed by atoms with E-state index in [9.17, 15) is 0 Å². The van der Waals surface area contributed by atoms with Crippen LogP contribution in [0.3, 0.4) is 0 Å². The minimum atomic E-state index is 0.598. The van der Waals surface area contributed by atoms with Crippen molar-refractivity contribution in [3.05, 3.63) is 188 Å². The molecule has 10 aromatic rings. The maximum Gasteiger partial charge on any atom is 0.164 e. The minimum Gasteiger partial charge on any atom is -0.455 e. The largest absolute Gasteiger partial charge is 0.455 e. The van der Waals surface area contributed by atoms with Crippen LogP contribution in [0.1, 0.15) is 0 Å². The van der Waals surface area contributed by atoms with Crippen molar-refractivity contribution in [1.29, 1.82) is 0 Å². The van der Waals surface area contributed by atoms with Gasteiger partial charge in [0.2, 0.25) is 0 Å². The smallest absolute Gasteiger partial charge is 0.164 e. The number of fused-ring (bicyclic) bond motifs is 4. The second-order valence-electron chi connectivity index (χ2n) is 13.2. The number of hydrogen-bond acceptors (Lipinski definition) is 4. The molecule has 53 heavy (non-hydrogen) atoms. The Bertz CT molecular complexity index is 2940. The molecule has 0 bridgehead atoms. The van der Waals surface area contributed by atoms with E-state index in [-0.39, 0.29) is 0 Å². The van der Waals surface area contributed by atoms with Gasteiger partial charge in [-0.05, 0) is 68.9 Å². The van der Waals surface area contributed by atoms with Crippen LogP contribution in [0.2, 0.25) is 0 Å². The van der Waals surface area contributed by atoms with Crippen LogP contribution in [0.5, 0.6) is 0 Å². The molecule has 2 aromatic heterocycles. The van der Waals surface area contributed by atoms with E-state index in [4.69, 9.17) is 19.4 Å². The Kier molecular flexibility index (Phi) is 7.43. The van der Waals surface area contributed by atoms with E-state index in [1.54, 1.807) is 0 Å². The van der Waals surface area contributed by atoms with Crippen molar-refractivity contribution in [3.8, 4) is 67.5 Å². The predicted octanol–water partition coefficient (Wildman–Crippen LogP) is 12.9. The molecule has 0 atom stereocenters. The van der Waals surface area contributed by atoms with E-state index in [1.807, 2.05) is 48.5 Å². The van der Waals surface area contributed by atoms with E-state index in [0.717, 1.165) is 77.2 Å². The SMILES string of the molecule is c1ccc(-c2cccc(-c3cc(-c4nc(-c5ccccc5)nc(-c5cccc6ccccc56)n4)cc(-c4cccc5c4oc4ccccc45)c3)c2)cc1. The Balaban J connectivity index is 1.23. The molecular formula is C49H31N3O. The molecule has 0 aliphatic rings. The van der Waals surface area contributed by atoms with Gasteiger partial charge in [0.15, 0.2) is 17.5 Å². The van der Waals surface area contributed by atoms with Crippen LogP contribution in [-0.4, -0.2) is 15.0 Å². The molecule has 0 amide bonds. The zero-order valence-electron chi connectivity index (χ0n) is 28.6. The number of nitrogens with zero attached hydrogens (tertiary/aromatic N) is 3. The Hall–Kier alpha value is -7.17. The lowest BCUT2D eigenvalue weighted by Crippen LogP contribution is -2.01. The van der Waals surface area contributed by atoms with Crippen LogP contribution in [0.4, 0.5) is 0 Å². The first kappa shape index (κ1) is 30.6. The van der Waals surface area contributed by atoms with Gasteiger partial charge in [-0.3, -0.25) is 0 Å². The lowest BCUT2D eigenvalue weighted by molar-refractivity contribution is 0.670. The van der Waals surface area contributed by atoms with E-state index < -0.39 is 0 Å². The summed E-state index contributed by atoms with van der Waals surface area (Å²) in [6, 6.07) is 65.2. The van der Waals surface area contributed by atoms with Gasteiger partial charge in [-0.25, -0.2) is 15.0 Å². The van der Waals surface area contributed by atoms with Crippen molar-refractivity contribution in [2.45, 2.75) is 0 Å². The fourth-order valence-corrected chi connectivity index (χ4v) is 7.32. The summed E-state index contributed by atoms with van der Waals surface area (Å²) in [6.07, 6.45) is 0. The van der Waals surface area contributed by atoms with Crippen LogP contribution in [0.25, 0.3) is 100 Å². The van der Waals surface area contributed by atoms with Gasteiger partial charge in [0.05, 0.1) is 0 Å². The topological polar surface area (TPSA) is 51.8 Å². The first-order valence-electron chi connectivity index (χ1n) is 17.8. The van der Waals surface area contributed by atoms with Crippen molar-refractivity contribution in [3.63, 3.8) is 0 Å². The summed E-state index contributed by atoms with van der Waals surface area (Å²) in [5.74, 6) is 1.85. The summed E-state index contributed by atoms with van der Waals surface area (Å²) in [5, 5.41) is 4.41. The summed E-state index contributed by atoms with van der Waals surface area (Å²) < 4.78 is 6.56. The molecule has 8 aromatic carbocycles. The highest BCUT2D eigenvalue weighted by atomic mass is 16.3. The number of furan rings is 1. The molecule has 10 rings (SSSR count). The molecule has 0 unspecified atom stereocenters. The van der Waals surface area contributed by atoms with Crippen molar-refractivity contribution >= 4 is 32.7 Å². The average molecular weight is 678 g/mol. The zero-order chi connectivity index (χ0) is 35.1. The van der Waals surface area contributed by atoms with Crippen LogP contribution in [-0.2, 0) is 0 Å². The van der Waals surface area contributed by atoms with Gasteiger partial charge in [-0.1, -0.05) is 158 Å². The van der Waals surface area contributed by atoms with Crippen LogP contribution < -0.4 is 0 Å². The molecule has 4 heteroatoms. The molecule has 0 radical (unpaired) electrons. The number of hydrogen-bond donors (Lipinski definition) is 0. The molecule has 4 nitrogen and oxygen atoms in total. The van der Waals surface area contributed by atoms with E-state index >= 15 is 0 Å². The fraction of sp³-hybridized carbons (Fsp3) is 0. The average Bonchev–Trinajstić information content (AvgIpc) is 3.63. The first-order valence-corrected chi connectivity index (χ1v) is 17.8. The van der Waals surface area contributed by atoms with E-state index in [0.29, 0.717) is 17.5 Å². The summed E-state index contributed by atoms with van der Waals surface area (Å²) in [5.41, 5.74) is 11.0. The third kappa shape index (κ3) is 5.63. The highest BCUT2D eigenvalue weighted by molar-refractivity contribution is 6.10. The maximum absolute atomic E-state index is 6.56. The Labute approximate surface area is 306 Å². The van der Waals surface area contributed by atoms with Crippen molar-refractivity contribution < 1.29 is 4.42 Å². The molecule has 0 aliphatic heterocycles. The minimum absolute atomic E-state index is 0.598. The van der Waals surface area contributed by atoms with Crippen molar-refractivity contribution in [2.75, 3.05) is 0 Å². The zero-order valence-corrected chi connectivity index (χ0v) is 28.6. The first-order chi connectivity index (χ1) is 26.2.